The Morgan fingerprint density at radius 2 is 2.33 bits per heavy atom. The summed E-state index contributed by atoms with van der Waals surface area (Å²) in [6.45, 7) is 3.95. The third-order valence-electron chi connectivity index (χ3n) is 2.62. The van der Waals surface area contributed by atoms with Crippen LogP contribution in [0, 0.1) is 0 Å². The molecule has 0 bridgehead atoms. The average molecular weight is 246 g/mol. The molecule has 0 unspecified atom stereocenters. The molecule has 2 heterocycles. The molecule has 2 N–H and O–H groups in total. The fourth-order valence-electron chi connectivity index (χ4n) is 1.78. The van der Waals surface area contributed by atoms with Crippen LogP contribution in [-0.2, 0) is 11.3 Å². The van der Waals surface area contributed by atoms with E-state index in [0.717, 1.165) is 11.3 Å². The molecule has 0 saturated carbocycles. The van der Waals surface area contributed by atoms with E-state index in [4.69, 9.17) is 0 Å². The molecule has 0 aliphatic heterocycles. The van der Waals surface area contributed by atoms with Crippen LogP contribution >= 0.6 is 0 Å². The van der Waals surface area contributed by atoms with Crippen molar-refractivity contribution in [2.45, 2.75) is 19.9 Å². The zero-order valence-corrected chi connectivity index (χ0v) is 10.5. The van der Waals surface area contributed by atoms with E-state index in [-0.39, 0.29) is 5.91 Å². The second-order valence-electron chi connectivity index (χ2n) is 4.08. The summed E-state index contributed by atoms with van der Waals surface area (Å²) in [5.41, 5.74) is 1.93. The predicted molar refractivity (Wildman–Crippen MR) is 70.2 cm³/mol. The lowest BCUT2D eigenvalue weighted by Crippen LogP contribution is -2.27. The number of imidazole rings is 1. The second-order valence-corrected chi connectivity index (χ2v) is 4.08. The van der Waals surface area contributed by atoms with Crippen molar-refractivity contribution in [1.29, 1.82) is 0 Å². The Kier molecular flexibility index (Phi) is 4.30. The van der Waals surface area contributed by atoms with Gasteiger partial charge in [-0.25, -0.2) is 4.98 Å². The Labute approximate surface area is 106 Å². The van der Waals surface area contributed by atoms with Crippen molar-refractivity contribution in [3.63, 3.8) is 0 Å². The maximum atomic E-state index is 11.2. The van der Waals surface area contributed by atoms with Gasteiger partial charge in [0.15, 0.2) is 0 Å². The summed E-state index contributed by atoms with van der Waals surface area (Å²) in [6, 6.07) is 5.91. The highest BCUT2D eigenvalue weighted by Gasteiger charge is 2.01. The highest BCUT2D eigenvalue weighted by Crippen LogP contribution is 2.03. The topological polar surface area (TPSA) is 58.4 Å². The SMILES string of the molecule is CCNC(=O)CCNCc1cn2ccccc2n1. The lowest BCUT2D eigenvalue weighted by Gasteiger charge is -2.02. The molecule has 0 aliphatic carbocycles. The van der Waals surface area contributed by atoms with Gasteiger partial charge < -0.3 is 15.0 Å². The maximum Gasteiger partial charge on any atom is 0.221 e. The number of fused-ring (bicyclic) bond motifs is 1. The van der Waals surface area contributed by atoms with E-state index in [2.05, 4.69) is 15.6 Å². The van der Waals surface area contributed by atoms with Crippen LogP contribution in [0.15, 0.2) is 30.6 Å². The summed E-state index contributed by atoms with van der Waals surface area (Å²) in [4.78, 5) is 15.7. The first-order chi connectivity index (χ1) is 8.79. The fourth-order valence-corrected chi connectivity index (χ4v) is 1.78. The van der Waals surface area contributed by atoms with Gasteiger partial charge in [-0.15, -0.1) is 0 Å². The molecule has 0 aliphatic rings. The zero-order chi connectivity index (χ0) is 12.8. The van der Waals surface area contributed by atoms with Gasteiger partial charge in [0.25, 0.3) is 0 Å². The van der Waals surface area contributed by atoms with Gasteiger partial charge in [0.2, 0.25) is 5.91 Å². The second kappa shape index (κ2) is 6.16. The number of aromatic nitrogens is 2. The number of carbonyl (C=O) groups excluding carboxylic acids is 1. The highest BCUT2D eigenvalue weighted by atomic mass is 16.1. The molecule has 5 heteroatoms. The summed E-state index contributed by atoms with van der Waals surface area (Å²) < 4.78 is 1.99. The number of nitrogens with zero attached hydrogens (tertiary/aromatic N) is 2. The molecule has 5 nitrogen and oxygen atoms in total. The summed E-state index contributed by atoms with van der Waals surface area (Å²) in [5, 5.41) is 5.98. The van der Waals surface area contributed by atoms with Crippen molar-refractivity contribution < 1.29 is 4.79 Å². The van der Waals surface area contributed by atoms with Crippen molar-refractivity contribution in [2.75, 3.05) is 13.1 Å². The van der Waals surface area contributed by atoms with E-state index in [9.17, 15) is 4.79 Å². The number of nitrogens with one attached hydrogen (secondary N) is 2. The van der Waals surface area contributed by atoms with Crippen LogP contribution < -0.4 is 10.6 Å². The molecular formula is C13H18N4O. The lowest BCUT2D eigenvalue weighted by atomic mass is 10.4. The van der Waals surface area contributed by atoms with E-state index in [1.54, 1.807) is 0 Å². The van der Waals surface area contributed by atoms with Crippen LogP contribution in [0.5, 0.6) is 0 Å². The third-order valence-corrected chi connectivity index (χ3v) is 2.62. The zero-order valence-electron chi connectivity index (χ0n) is 10.5. The standard InChI is InChI=1S/C13H18N4O/c1-2-15-13(18)6-7-14-9-11-10-17-8-4-3-5-12(17)16-11/h3-5,8,10,14H,2,6-7,9H2,1H3,(H,15,18). The molecule has 96 valence electrons. The highest BCUT2D eigenvalue weighted by molar-refractivity contribution is 5.75. The molecule has 0 saturated heterocycles. The van der Waals surface area contributed by atoms with E-state index < -0.39 is 0 Å². The van der Waals surface area contributed by atoms with Crippen molar-refractivity contribution in [2.24, 2.45) is 0 Å². The van der Waals surface area contributed by atoms with Crippen molar-refractivity contribution in [3.8, 4) is 0 Å². The first-order valence-corrected chi connectivity index (χ1v) is 6.19. The third kappa shape index (κ3) is 3.30. The first-order valence-electron chi connectivity index (χ1n) is 6.19. The number of hydrogen-bond acceptors (Lipinski definition) is 3. The largest absolute Gasteiger partial charge is 0.356 e. The molecule has 0 fully saturated rings. The van der Waals surface area contributed by atoms with Crippen molar-refractivity contribution in [3.05, 3.63) is 36.3 Å². The molecule has 0 spiro atoms. The van der Waals surface area contributed by atoms with Gasteiger partial charge in [-0.3, -0.25) is 4.79 Å². The Morgan fingerprint density at radius 3 is 3.11 bits per heavy atom. The quantitative estimate of drug-likeness (QED) is 0.746. The number of hydrogen-bond donors (Lipinski definition) is 2. The minimum Gasteiger partial charge on any atom is -0.356 e. The molecule has 18 heavy (non-hydrogen) atoms. The van der Waals surface area contributed by atoms with Gasteiger partial charge in [0.05, 0.1) is 5.69 Å². The summed E-state index contributed by atoms with van der Waals surface area (Å²) in [5.74, 6) is 0.0833. The first kappa shape index (κ1) is 12.6. The number of pyridine rings is 1. The number of rotatable bonds is 6. The van der Waals surface area contributed by atoms with Gasteiger partial charge in [-0.1, -0.05) is 6.07 Å². The summed E-state index contributed by atoms with van der Waals surface area (Å²) >= 11 is 0. The molecule has 0 atom stereocenters. The number of amides is 1. The molecule has 2 aromatic rings. The Hall–Kier alpha value is -1.88. The van der Waals surface area contributed by atoms with Gasteiger partial charge in [-0.05, 0) is 19.1 Å². The van der Waals surface area contributed by atoms with Gasteiger partial charge >= 0.3 is 0 Å². The maximum absolute atomic E-state index is 11.2. The smallest absolute Gasteiger partial charge is 0.221 e. The Balaban J connectivity index is 1.78. The molecule has 1 amide bonds. The molecular weight excluding hydrogens is 228 g/mol. The van der Waals surface area contributed by atoms with Gasteiger partial charge in [0, 0.05) is 38.4 Å². The molecule has 0 radical (unpaired) electrons. The predicted octanol–water partition coefficient (Wildman–Crippen LogP) is 0.950. The Morgan fingerprint density at radius 1 is 1.44 bits per heavy atom. The fraction of sp³-hybridized carbons (Fsp3) is 0.385. The minimum absolute atomic E-state index is 0.0833. The van der Waals surface area contributed by atoms with E-state index in [0.29, 0.717) is 26.1 Å². The molecule has 2 aromatic heterocycles. The minimum atomic E-state index is 0.0833. The van der Waals surface area contributed by atoms with Gasteiger partial charge in [0.1, 0.15) is 5.65 Å². The van der Waals surface area contributed by atoms with Gasteiger partial charge in [-0.2, -0.15) is 0 Å². The van der Waals surface area contributed by atoms with Crippen LogP contribution in [0.1, 0.15) is 19.0 Å². The van der Waals surface area contributed by atoms with Crippen LogP contribution in [0.25, 0.3) is 5.65 Å². The Bertz CT molecular complexity index is 487. The van der Waals surface area contributed by atoms with E-state index in [1.807, 2.05) is 41.9 Å². The molecule has 2 rings (SSSR count). The monoisotopic (exact) mass is 246 g/mol. The lowest BCUT2D eigenvalue weighted by molar-refractivity contribution is -0.120. The van der Waals surface area contributed by atoms with Crippen LogP contribution in [0.4, 0.5) is 0 Å². The van der Waals surface area contributed by atoms with Crippen LogP contribution in [-0.4, -0.2) is 28.4 Å². The van der Waals surface area contributed by atoms with Crippen LogP contribution in [0.2, 0.25) is 0 Å². The molecule has 0 aromatic carbocycles. The summed E-state index contributed by atoms with van der Waals surface area (Å²) in [6.07, 6.45) is 4.47. The van der Waals surface area contributed by atoms with Crippen LogP contribution in [0.3, 0.4) is 0 Å². The van der Waals surface area contributed by atoms with E-state index >= 15 is 0 Å². The van der Waals surface area contributed by atoms with Crippen molar-refractivity contribution >= 4 is 11.6 Å². The van der Waals surface area contributed by atoms with Crippen molar-refractivity contribution in [1.82, 2.24) is 20.0 Å². The normalized spacial score (nSPS) is 10.7. The summed E-state index contributed by atoms with van der Waals surface area (Å²) in [7, 11) is 0. The average Bonchev–Trinajstić information content (AvgIpc) is 2.77. The number of carbonyl (C=O) groups is 1. The van der Waals surface area contributed by atoms with E-state index in [1.165, 1.54) is 0 Å².